The second kappa shape index (κ2) is 4.71. The molecule has 0 saturated carbocycles. The van der Waals surface area contributed by atoms with Gasteiger partial charge >= 0.3 is 0 Å². The minimum absolute atomic E-state index is 0.486. The zero-order valence-electron chi connectivity index (χ0n) is 10.5. The number of hydrogen-bond donors (Lipinski definition) is 1. The Kier molecular flexibility index (Phi) is 3.04. The Morgan fingerprint density at radius 1 is 0.947 bits per heavy atom. The van der Waals surface area contributed by atoms with Crippen LogP contribution < -0.4 is 5.73 Å². The Morgan fingerprint density at radius 3 is 2.32 bits per heavy atom. The summed E-state index contributed by atoms with van der Waals surface area (Å²) in [7, 11) is 0. The monoisotopic (exact) mass is 288 g/mol. The van der Waals surface area contributed by atoms with Crippen LogP contribution in [0, 0.1) is 13.8 Å². The lowest BCUT2D eigenvalue weighted by molar-refractivity contribution is 1.10. The summed E-state index contributed by atoms with van der Waals surface area (Å²) in [6.07, 6.45) is 0. The van der Waals surface area contributed by atoms with Crippen LogP contribution in [0.4, 0.5) is 5.13 Å². The third-order valence-electron chi connectivity index (χ3n) is 2.73. The van der Waals surface area contributed by atoms with Crippen molar-refractivity contribution in [2.45, 2.75) is 13.8 Å². The van der Waals surface area contributed by atoms with Crippen LogP contribution in [0.5, 0.6) is 0 Å². The highest BCUT2D eigenvalue weighted by molar-refractivity contribution is 7.24. The van der Waals surface area contributed by atoms with Gasteiger partial charge in [-0.15, -0.1) is 21.5 Å². The number of nitrogens with zero attached hydrogens (tertiary/aromatic N) is 3. The molecule has 96 valence electrons. The summed E-state index contributed by atoms with van der Waals surface area (Å²) in [5.41, 5.74) is 8.97. The molecule has 3 rings (SSSR count). The first kappa shape index (κ1) is 12.3. The highest BCUT2D eigenvalue weighted by atomic mass is 32.1. The van der Waals surface area contributed by atoms with Crippen molar-refractivity contribution in [3.05, 3.63) is 35.5 Å². The SMILES string of the molecule is Cc1ccc(-c2nc(C)c(-c3nnc(N)s3)s2)cc1. The molecule has 0 spiro atoms. The molecule has 0 fully saturated rings. The van der Waals surface area contributed by atoms with Crippen molar-refractivity contribution in [3.8, 4) is 20.5 Å². The van der Waals surface area contributed by atoms with Crippen LogP contribution in [0.25, 0.3) is 20.5 Å². The van der Waals surface area contributed by atoms with E-state index in [9.17, 15) is 0 Å². The van der Waals surface area contributed by atoms with E-state index < -0.39 is 0 Å². The van der Waals surface area contributed by atoms with E-state index >= 15 is 0 Å². The van der Waals surface area contributed by atoms with Crippen LogP contribution in [0.3, 0.4) is 0 Å². The van der Waals surface area contributed by atoms with Crippen molar-refractivity contribution in [1.29, 1.82) is 0 Å². The van der Waals surface area contributed by atoms with E-state index in [0.717, 1.165) is 26.1 Å². The van der Waals surface area contributed by atoms with Gasteiger partial charge in [0, 0.05) is 5.56 Å². The molecule has 0 aliphatic heterocycles. The van der Waals surface area contributed by atoms with Gasteiger partial charge < -0.3 is 5.73 Å². The van der Waals surface area contributed by atoms with Crippen LogP contribution in [-0.2, 0) is 0 Å². The zero-order chi connectivity index (χ0) is 13.4. The number of aromatic nitrogens is 3. The Bertz CT molecular complexity index is 713. The molecule has 0 radical (unpaired) electrons. The number of benzene rings is 1. The molecule has 4 nitrogen and oxygen atoms in total. The molecule has 6 heteroatoms. The standard InChI is InChI=1S/C13H12N4S2/c1-7-3-5-9(6-4-7)11-15-8(2)10(18-11)12-16-17-13(14)19-12/h3-6H,1-2H3,(H2,14,17). The van der Waals surface area contributed by atoms with E-state index in [2.05, 4.69) is 46.4 Å². The fourth-order valence-corrected chi connectivity index (χ4v) is 3.54. The second-order valence-corrected chi connectivity index (χ2v) is 6.25. The summed E-state index contributed by atoms with van der Waals surface area (Å²) in [5, 5.41) is 10.3. The van der Waals surface area contributed by atoms with E-state index in [-0.39, 0.29) is 0 Å². The number of thiazole rings is 1. The third-order valence-corrected chi connectivity index (χ3v) is 4.84. The molecule has 0 atom stereocenters. The lowest BCUT2D eigenvalue weighted by atomic mass is 10.2. The normalized spacial score (nSPS) is 10.8. The Hall–Kier alpha value is -1.79. The van der Waals surface area contributed by atoms with Gasteiger partial charge in [0.15, 0.2) is 5.01 Å². The maximum atomic E-state index is 5.63. The fourth-order valence-electron chi connectivity index (χ4n) is 1.74. The minimum atomic E-state index is 0.486. The minimum Gasteiger partial charge on any atom is -0.374 e. The average molecular weight is 288 g/mol. The van der Waals surface area contributed by atoms with E-state index in [1.165, 1.54) is 16.9 Å². The average Bonchev–Trinajstić information content (AvgIpc) is 2.96. The van der Waals surface area contributed by atoms with Gasteiger partial charge in [0.25, 0.3) is 0 Å². The van der Waals surface area contributed by atoms with Crippen LogP contribution in [0.2, 0.25) is 0 Å². The van der Waals surface area contributed by atoms with Gasteiger partial charge in [-0.3, -0.25) is 0 Å². The Labute approximate surface area is 119 Å². The maximum absolute atomic E-state index is 5.63. The molecule has 0 saturated heterocycles. The summed E-state index contributed by atoms with van der Waals surface area (Å²) in [6.45, 7) is 4.06. The van der Waals surface area contributed by atoms with Crippen LogP contribution in [-0.4, -0.2) is 15.2 Å². The number of hydrogen-bond acceptors (Lipinski definition) is 6. The van der Waals surface area contributed by atoms with E-state index in [1.54, 1.807) is 11.3 Å². The van der Waals surface area contributed by atoms with Gasteiger partial charge in [-0.1, -0.05) is 41.2 Å². The molecule has 0 bridgehead atoms. The van der Waals surface area contributed by atoms with Crippen LogP contribution in [0.15, 0.2) is 24.3 Å². The number of rotatable bonds is 2. The molecule has 0 amide bonds. The van der Waals surface area contributed by atoms with E-state index in [0.29, 0.717) is 5.13 Å². The molecular formula is C13H12N4S2. The Morgan fingerprint density at radius 2 is 1.68 bits per heavy atom. The molecule has 2 N–H and O–H groups in total. The zero-order valence-corrected chi connectivity index (χ0v) is 12.2. The molecule has 1 aromatic carbocycles. The first-order valence-electron chi connectivity index (χ1n) is 5.77. The summed E-state index contributed by atoms with van der Waals surface area (Å²) < 4.78 is 0. The molecular weight excluding hydrogens is 276 g/mol. The molecule has 2 heterocycles. The quantitative estimate of drug-likeness (QED) is 0.783. The summed E-state index contributed by atoms with van der Waals surface area (Å²) in [6, 6.07) is 8.36. The third kappa shape index (κ3) is 2.36. The van der Waals surface area contributed by atoms with Crippen LogP contribution >= 0.6 is 22.7 Å². The van der Waals surface area contributed by atoms with Crippen molar-refractivity contribution in [2.24, 2.45) is 0 Å². The number of nitrogen functional groups attached to an aromatic ring is 1. The fraction of sp³-hybridized carbons (Fsp3) is 0.154. The van der Waals surface area contributed by atoms with Crippen LogP contribution in [0.1, 0.15) is 11.3 Å². The van der Waals surface area contributed by atoms with Crippen molar-refractivity contribution in [1.82, 2.24) is 15.2 Å². The molecule has 2 aromatic heterocycles. The molecule has 0 aliphatic carbocycles. The highest BCUT2D eigenvalue weighted by Crippen LogP contribution is 2.36. The van der Waals surface area contributed by atoms with Gasteiger partial charge in [-0.25, -0.2) is 4.98 Å². The van der Waals surface area contributed by atoms with E-state index in [4.69, 9.17) is 5.73 Å². The first-order valence-corrected chi connectivity index (χ1v) is 7.40. The van der Waals surface area contributed by atoms with Crippen molar-refractivity contribution in [2.75, 3.05) is 5.73 Å². The predicted octanol–water partition coefficient (Wildman–Crippen LogP) is 3.53. The highest BCUT2D eigenvalue weighted by Gasteiger charge is 2.14. The number of anilines is 1. The van der Waals surface area contributed by atoms with Crippen molar-refractivity contribution >= 4 is 27.8 Å². The molecule has 0 unspecified atom stereocenters. The lowest BCUT2D eigenvalue weighted by Crippen LogP contribution is -1.80. The summed E-state index contributed by atoms with van der Waals surface area (Å²) >= 11 is 3.02. The predicted molar refractivity (Wildman–Crippen MR) is 80.3 cm³/mol. The number of aryl methyl sites for hydroxylation is 2. The van der Waals surface area contributed by atoms with Crippen molar-refractivity contribution in [3.63, 3.8) is 0 Å². The van der Waals surface area contributed by atoms with Gasteiger partial charge in [-0.05, 0) is 13.8 Å². The van der Waals surface area contributed by atoms with Crippen molar-refractivity contribution < 1.29 is 0 Å². The summed E-state index contributed by atoms with van der Waals surface area (Å²) in [4.78, 5) is 5.66. The molecule has 3 aromatic rings. The second-order valence-electron chi connectivity index (χ2n) is 4.25. The van der Waals surface area contributed by atoms with Gasteiger partial charge in [-0.2, -0.15) is 0 Å². The number of nitrogens with two attached hydrogens (primary N) is 1. The Balaban J connectivity index is 2.04. The van der Waals surface area contributed by atoms with Gasteiger partial charge in [0.1, 0.15) is 5.01 Å². The van der Waals surface area contributed by atoms with Gasteiger partial charge in [0.05, 0.1) is 10.6 Å². The first-order chi connectivity index (χ1) is 9.13. The molecule has 19 heavy (non-hydrogen) atoms. The van der Waals surface area contributed by atoms with Gasteiger partial charge in [0.2, 0.25) is 5.13 Å². The largest absolute Gasteiger partial charge is 0.374 e. The lowest BCUT2D eigenvalue weighted by Gasteiger charge is -1.96. The smallest absolute Gasteiger partial charge is 0.203 e. The maximum Gasteiger partial charge on any atom is 0.203 e. The van der Waals surface area contributed by atoms with E-state index in [1.807, 2.05) is 6.92 Å². The topological polar surface area (TPSA) is 64.7 Å². The summed E-state index contributed by atoms with van der Waals surface area (Å²) in [5.74, 6) is 0. The molecule has 0 aliphatic rings.